The first-order valence-electron chi connectivity index (χ1n) is 8.27. The average molecular weight is 345 g/mol. The fourth-order valence-electron chi connectivity index (χ4n) is 2.96. The maximum Gasteiger partial charge on any atom is 0.249 e. The minimum absolute atomic E-state index is 0.00544. The lowest BCUT2D eigenvalue weighted by atomic mass is 10.1. The van der Waals surface area contributed by atoms with Crippen LogP contribution in [0, 0.1) is 6.92 Å². The quantitative estimate of drug-likeness (QED) is 0.873. The van der Waals surface area contributed by atoms with E-state index in [-0.39, 0.29) is 24.2 Å². The van der Waals surface area contributed by atoms with Gasteiger partial charge in [-0.25, -0.2) is 4.98 Å². The van der Waals surface area contributed by atoms with Crippen LogP contribution in [-0.4, -0.2) is 29.6 Å². The second-order valence-electron chi connectivity index (χ2n) is 6.12. The number of nitrogens with two attached hydrogens (primary N) is 1. The van der Waals surface area contributed by atoms with Crippen LogP contribution in [0.15, 0.2) is 30.3 Å². The maximum atomic E-state index is 12.4. The van der Waals surface area contributed by atoms with E-state index in [1.54, 1.807) is 11.3 Å². The summed E-state index contributed by atoms with van der Waals surface area (Å²) in [5.74, 6) is -0.0625. The third-order valence-corrected chi connectivity index (χ3v) is 5.66. The number of hydrogen-bond acceptors (Lipinski definition) is 5. The molecule has 128 valence electrons. The molecule has 1 fully saturated rings. The second kappa shape index (κ2) is 7.42. The minimum atomic E-state index is -0.386. The Morgan fingerprint density at radius 2 is 2.17 bits per heavy atom. The van der Waals surface area contributed by atoms with Gasteiger partial charge in [0.05, 0.1) is 22.7 Å². The lowest BCUT2D eigenvalue weighted by Crippen LogP contribution is -2.36. The summed E-state index contributed by atoms with van der Waals surface area (Å²) < 4.78 is 5.66. The van der Waals surface area contributed by atoms with Gasteiger partial charge in [-0.05, 0) is 26.7 Å². The molecule has 1 unspecified atom stereocenters. The molecule has 1 saturated heterocycles. The number of benzene rings is 1. The highest BCUT2D eigenvalue weighted by Gasteiger charge is 2.31. The van der Waals surface area contributed by atoms with Crippen molar-refractivity contribution < 1.29 is 9.53 Å². The first kappa shape index (κ1) is 17.1. The van der Waals surface area contributed by atoms with Crippen molar-refractivity contribution in [2.24, 2.45) is 5.73 Å². The number of hydrogen-bond donors (Lipinski definition) is 2. The van der Waals surface area contributed by atoms with Crippen LogP contribution in [0.25, 0.3) is 10.6 Å². The van der Waals surface area contributed by atoms with Gasteiger partial charge in [-0.15, -0.1) is 11.3 Å². The summed E-state index contributed by atoms with van der Waals surface area (Å²) in [6, 6.07) is 10.00. The third-order valence-electron chi connectivity index (χ3n) is 4.27. The van der Waals surface area contributed by atoms with Crippen molar-refractivity contribution in [1.29, 1.82) is 0 Å². The number of thiazole rings is 1. The summed E-state index contributed by atoms with van der Waals surface area (Å²) in [6.07, 6.45) is 1.20. The van der Waals surface area contributed by atoms with Gasteiger partial charge < -0.3 is 15.8 Å². The van der Waals surface area contributed by atoms with E-state index in [0.717, 1.165) is 34.0 Å². The molecule has 1 aromatic heterocycles. The van der Waals surface area contributed by atoms with Crippen molar-refractivity contribution in [2.45, 2.75) is 44.9 Å². The smallest absolute Gasteiger partial charge is 0.249 e. The predicted octanol–water partition coefficient (Wildman–Crippen LogP) is 2.80. The Labute approximate surface area is 146 Å². The molecule has 2 heterocycles. The molecule has 1 amide bonds. The van der Waals surface area contributed by atoms with Crippen molar-refractivity contribution in [3.05, 3.63) is 40.9 Å². The van der Waals surface area contributed by atoms with E-state index in [4.69, 9.17) is 10.5 Å². The molecule has 24 heavy (non-hydrogen) atoms. The summed E-state index contributed by atoms with van der Waals surface area (Å²) in [4.78, 5) is 18.1. The highest BCUT2D eigenvalue weighted by molar-refractivity contribution is 7.15. The van der Waals surface area contributed by atoms with Crippen LogP contribution in [0.2, 0.25) is 0 Å². The van der Waals surface area contributed by atoms with Gasteiger partial charge in [-0.2, -0.15) is 0 Å². The van der Waals surface area contributed by atoms with E-state index in [9.17, 15) is 4.79 Å². The summed E-state index contributed by atoms with van der Waals surface area (Å²) in [6.45, 7) is 4.44. The molecule has 2 aromatic rings. The Hall–Kier alpha value is -1.76. The Kier molecular flexibility index (Phi) is 5.28. The number of rotatable bonds is 5. The molecular formula is C18H23N3O2S. The molecular weight excluding hydrogens is 322 g/mol. The van der Waals surface area contributed by atoms with Gasteiger partial charge in [0.25, 0.3) is 0 Å². The normalized spacial score (nSPS) is 21.6. The SMILES string of the molecule is Cc1nc(-c2ccccc2)sc1C(C)NC(=O)[C@@H]1CC[C@H](CN)O1. The largest absolute Gasteiger partial charge is 0.364 e. The standard InChI is InChI=1S/C18H23N3O2S/c1-11(20-17(22)15-9-8-14(10-19)23-15)16-12(2)21-18(24-16)13-6-4-3-5-7-13/h3-7,11,14-15H,8-10,19H2,1-2H3,(H,20,22)/t11?,14-,15+/m1/s1. The maximum absolute atomic E-state index is 12.4. The molecule has 0 spiro atoms. The van der Waals surface area contributed by atoms with Crippen molar-refractivity contribution in [3.63, 3.8) is 0 Å². The number of nitrogens with zero attached hydrogens (tertiary/aromatic N) is 1. The van der Waals surface area contributed by atoms with E-state index < -0.39 is 0 Å². The first-order chi connectivity index (χ1) is 11.6. The number of aryl methyl sites for hydroxylation is 1. The van der Waals surface area contributed by atoms with Crippen LogP contribution in [0.1, 0.15) is 36.4 Å². The third kappa shape index (κ3) is 3.66. The molecule has 0 aliphatic carbocycles. The highest BCUT2D eigenvalue weighted by atomic mass is 32.1. The number of nitrogens with one attached hydrogen (secondary N) is 1. The highest BCUT2D eigenvalue weighted by Crippen LogP contribution is 2.32. The Bertz CT molecular complexity index is 702. The zero-order valence-electron chi connectivity index (χ0n) is 14.0. The van der Waals surface area contributed by atoms with E-state index >= 15 is 0 Å². The Balaban J connectivity index is 1.68. The number of amides is 1. The van der Waals surface area contributed by atoms with E-state index in [1.165, 1.54) is 0 Å². The van der Waals surface area contributed by atoms with Gasteiger partial charge in [0.15, 0.2) is 0 Å². The molecule has 0 radical (unpaired) electrons. The van der Waals surface area contributed by atoms with E-state index in [2.05, 4.69) is 10.3 Å². The zero-order chi connectivity index (χ0) is 17.1. The fraction of sp³-hybridized carbons (Fsp3) is 0.444. The summed E-state index contributed by atoms with van der Waals surface area (Å²) in [7, 11) is 0. The van der Waals surface area contributed by atoms with Crippen LogP contribution in [0.4, 0.5) is 0 Å². The molecule has 3 atom stereocenters. The second-order valence-corrected chi connectivity index (χ2v) is 7.16. The van der Waals surface area contributed by atoms with Gasteiger partial charge in [0, 0.05) is 12.1 Å². The number of ether oxygens (including phenoxy) is 1. The van der Waals surface area contributed by atoms with E-state index in [0.29, 0.717) is 6.54 Å². The Morgan fingerprint density at radius 1 is 1.42 bits per heavy atom. The Morgan fingerprint density at radius 3 is 2.83 bits per heavy atom. The first-order valence-corrected chi connectivity index (χ1v) is 9.08. The van der Waals surface area contributed by atoms with Crippen molar-refractivity contribution in [2.75, 3.05) is 6.54 Å². The number of aromatic nitrogens is 1. The average Bonchev–Trinajstić information content (AvgIpc) is 3.22. The van der Waals surface area contributed by atoms with Crippen LogP contribution >= 0.6 is 11.3 Å². The topological polar surface area (TPSA) is 77.2 Å². The lowest BCUT2D eigenvalue weighted by molar-refractivity contribution is -0.132. The van der Waals surface area contributed by atoms with Crippen LogP contribution in [0.5, 0.6) is 0 Å². The fourth-order valence-corrected chi connectivity index (χ4v) is 4.03. The summed E-state index contributed by atoms with van der Waals surface area (Å²) >= 11 is 1.62. The molecule has 0 bridgehead atoms. The molecule has 1 aromatic carbocycles. The van der Waals surface area contributed by atoms with Crippen molar-refractivity contribution in [3.8, 4) is 10.6 Å². The van der Waals surface area contributed by atoms with Crippen molar-refractivity contribution in [1.82, 2.24) is 10.3 Å². The lowest BCUT2D eigenvalue weighted by Gasteiger charge is -2.17. The summed E-state index contributed by atoms with van der Waals surface area (Å²) in [5, 5.41) is 4.03. The molecule has 1 aliphatic heterocycles. The zero-order valence-corrected chi connectivity index (χ0v) is 14.8. The minimum Gasteiger partial charge on any atom is -0.364 e. The van der Waals surface area contributed by atoms with Gasteiger partial charge in [-0.3, -0.25) is 4.79 Å². The van der Waals surface area contributed by atoms with Gasteiger partial charge in [0.1, 0.15) is 11.1 Å². The predicted molar refractivity (Wildman–Crippen MR) is 95.8 cm³/mol. The molecule has 3 N–H and O–H groups in total. The van der Waals surface area contributed by atoms with Crippen LogP contribution in [-0.2, 0) is 9.53 Å². The van der Waals surface area contributed by atoms with Gasteiger partial charge in [0.2, 0.25) is 5.91 Å². The van der Waals surface area contributed by atoms with Gasteiger partial charge in [-0.1, -0.05) is 30.3 Å². The molecule has 5 nitrogen and oxygen atoms in total. The van der Waals surface area contributed by atoms with Crippen molar-refractivity contribution >= 4 is 17.2 Å². The monoisotopic (exact) mass is 345 g/mol. The molecule has 3 rings (SSSR count). The van der Waals surface area contributed by atoms with E-state index in [1.807, 2.05) is 44.2 Å². The van der Waals surface area contributed by atoms with Crippen LogP contribution in [0.3, 0.4) is 0 Å². The summed E-state index contributed by atoms with van der Waals surface area (Å²) in [5.41, 5.74) is 7.66. The van der Waals surface area contributed by atoms with Gasteiger partial charge >= 0.3 is 0 Å². The number of carbonyl (C=O) groups excluding carboxylic acids is 1. The molecule has 0 saturated carbocycles. The number of carbonyl (C=O) groups is 1. The molecule has 1 aliphatic rings. The molecule has 6 heteroatoms. The van der Waals surface area contributed by atoms with Crippen LogP contribution < -0.4 is 11.1 Å².